The maximum Gasteiger partial charge on any atom is 0.224 e. The van der Waals surface area contributed by atoms with E-state index in [-0.39, 0.29) is 5.91 Å². The van der Waals surface area contributed by atoms with E-state index in [1.807, 2.05) is 13.8 Å². The zero-order valence-corrected chi connectivity index (χ0v) is 20.0. The summed E-state index contributed by atoms with van der Waals surface area (Å²) < 4.78 is 0. The van der Waals surface area contributed by atoms with Crippen molar-refractivity contribution in [3.63, 3.8) is 0 Å². The molecule has 1 atom stereocenters. The number of rotatable bonds is 6. The summed E-state index contributed by atoms with van der Waals surface area (Å²) in [6, 6.07) is 9.00. The van der Waals surface area contributed by atoms with Gasteiger partial charge in [-0.05, 0) is 64.1 Å². The molecule has 2 heterocycles. The molecule has 5 heteroatoms. The summed E-state index contributed by atoms with van der Waals surface area (Å²) in [5, 5.41) is 3.23. The quantitative estimate of drug-likeness (QED) is 0.711. The van der Waals surface area contributed by atoms with Gasteiger partial charge >= 0.3 is 0 Å². The topological polar surface area (TPSA) is 58.1 Å². The standard InChI is InChI=1S/C27H38N4O/c1-19-10-7-8-11-22(19)17-31-15-9-12-23(18-31)27-28-20(2)25(21(3)29-27)16-26(32)30-24-13-5-4-6-14-24/h7-8,10-11,23-24H,4-6,9,12-18H2,1-3H3,(H,30,32)/t23-/m1/s1. The molecule has 1 saturated carbocycles. The summed E-state index contributed by atoms with van der Waals surface area (Å²) in [6.07, 6.45) is 8.65. The number of likely N-dealkylation sites (tertiary alicyclic amines) is 1. The van der Waals surface area contributed by atoms with Crippen LogP contribution in [0.5, 0.6) is 0 Å². The van der Waals surface area contributed by atoms with Gasteiger partial charge in [-0.15, -0.1) is 0 Å². The highest BCUT2D eigenvalue weighted by molar-refractivity contribution is 5.79. The number of benzene rings is 1. The van der Waals surface area contributed by atoms with E-state index in [4.69, 9.17) is 9.97 Å². The maximum atomic E-state index is 12.6. The van der Waals surface area contributed by atoms with Crippen molar-refractivity contribution in [2.24, 2.45) is 0 Å². The van der Waals surface area contributed by atoms with Gasteiger partial charge in [-0.3, -0.25) is 9.69 Å². The number of piperidine rings is 1. The largest absolute Gasteiger partial charge is 0.353 e. The summed E-state index contributed by atoms with van der Waals surface area (Å²) >= 11 is 0. The van der Waals surface area contributed by atoms with Gasteiger partial charge in [0.25, 0.3) is 0 Å². The molecule has 0 spiro atoms. The van der Waals surface area contributed by atoms with Gasteiger partial charge in [0.05, 0.1) is 6.42 Å². The van der Waals surface area contributed by atoms with E-state index in [9.17, 15) is 4.79 Å². The molecule has 0 unspecified atom stereocenters. The average Bonchev–Trinajstić information content (AvgIpc) is 2.78. The lowest BCUT2D eigenvalue weighted by Gasteiger charge is -2.32. The summed E-state index contributed by atoms with van der Waals surface area (Å²) in [4.78, 5) is 25.0. The molecule has 5 nitrogen and oxygen atoms in total. The third-order valence-corrected chi connectivity index (χ3v) is 7.27. The molecule has 1 aliphatic heterocycles. The van der Waals surface area contributed by atoms with Crippen LogP contribution in [0.25, 0.3) is 0 Å². The van der Waals surface area contributed by atoms with Crippen molar-refractivity contribution in [2.45, 2.75) is 90.6 Å². The van der Waals surface area contributed by atoms with E-state index in [1.165, 1.54) is 36.8 Å². The number of nitrogens with one attached hydrogen (secondary N) is 1. The number of hydrogen-bond donors (Lipinski definition) is 1. The number of aromatic nitrogens is 2. The van der Waals surface area contributed by atoms with Gasteiger partial charge in [0.1, 0.15) is 5.82 Å². The Hall–Kier alpha value is -2.27. The molecule has 2 fully saturated rings. The highest BCUT2D eigenvalue weighted by Gasteiger charge is 2.25. The number of carbonyl (C=O) groups is 1. The Labute approximate surface area is 193 Å². The third kappa shape index (κ3) is 5.74. The van der Waals surface area contributed by atoms with E-state index >= 15 is 0 Å². The minimum absolute atomic E-state index is 0.113. The first kappa shape index (κ1) is 22.9. The fraction of sp³-hybridized carbons (Fsp3) is 0.593. The maximum absolute atomic E-state index is 12.6. The fourth-order valence-corrected chi connectivity index (χ4v) is 5.33. The Balaban J connectivity index is 1.40. The van der Waals surface area contributed by atoms with Crippen LogP contribution in [0.3, 0.4) is 0 Å². The fourth-order valence-electron chi connectivity index (χ4n) is 5.33. The molecule has 4 rings (SSSR count). The lowest BCUT2D eigenvalue weighted by Crippen LogP contribution is -2.37. The Bertz CT molecular complexity index is 912. The van der Waals surface area contributed by atoms with Crippen molar-refractivity contribution in [2.75, 3.05) is 13.1 Å². The van der Waals surface area contributed by atoms with Gasteiger partial charge in [-0.25, -0.2) is 9.97 Å². The van der Waals surface area contributed by atoms with Crippen LogP contribution in [0.1, 0.15) is 84.8 Å². The van der Waals surface area contributed by atoms with Crippen molar-refractivity contribution in [1.29, 1.82) is 0 Å². The van der Waals surface area contributed by atoms with Crippen molar-refractivity contribution in [3.05, 3.63) is 58.2 Å². The SMILES string of the molecule is Cc1ccccc1CN1CCC[C@@H](c2nc(C)c(CC(=O)NC3CCCCC3)c(C)n2)C1. The van der Waals surface area contributed by atoms with Crippen molar-refractivity contribution in [3.8, 4) is 0 Å². The van der Waals surface area contributed by atoms with Crippen LogP contribution in [0.4, 0.5) is 0 Å². The smallest absolute Gasteiger partial charge is 0.224 e. The van der Waals surface area contributed by atoms with Gasteiger partial charge in [0.15, 0.2) is 0 Å². The first-order valence-electron chi connectivity index (χ1n) is 12.4. The molecule has 0 radical (unpaired) electrons. The van der Waals surface area contributed by atoms with E-state index in [0.29, 0.717) is 18.4 Å². The second kappa shape index (κ2) is 10.6. The molecule has 1 N–H and O–H groups in total. The molecular weight excluding hydrogens is 396 g/mol. The molecule has 2 aliphatic rings. The molecular formula is C27H38N4O. The van der Waals surface area contributed by atoms with Crippen LogP contribution >= 0.6 is 0 Å². The summed E-state index contributed by atoms with van der Waals surface area (Å²) in [5.74, 6) is 1.42. The molecule has 0 bridgehead atoms. The number of amides is 1. The second-order valence-electron chi connectivity index (χ2n) is 9.81. The molecule has 1 aromatic heterocycles. The number of nitrogens with zero attached hydrogens (tertiary/aromatic N) is 3. The van der Waals surface area contributed by atoms with E-state index in [2.05, 4.69) is 41.4 Å². The second-order valence-corrected chi connectivity index (χ2v) is 9.81. The summed E-state index contributed by atoms with van der Waals surface area (Å²) in [6.45, 7) is 9.37. The molecule has 2 aromatic rings. The van der Waals surface area contributed by atoms with Crippen LogP contribution in [-0.2, 0) is 17.8 Å². The van der Waals surface area contributed by atoms with Gasteiger partial charge in [0.2, 0.25) is 5.91 Å². The van der Waals surface area contributed by atoms with Gasteiger partial charge in [0, 0.05) is 42.0 Å². The zero-order chi connectivity index (χ0) is 22.5. The molecule has 172 valence electrons. The average molecular weight is 435 g/mol. The highest BCUT2D eigenvalue weighted by atomic mass is 16.1. The summed E-state index contributed by atoms with van der Waals surface area (Å²) in [5.41, 5.74) is 5.67. The number of aryl methyl sites for hydroxylation is 3. The Kier molecular flexibility index (Phi) is 7.56. The zero-order valence-electron chi connectivity index (χ0n) is 20.0. The minimum Gasteiger partial charge on any atom is -0.353 e. The van der Waals surface area contributed by atoms with E-state index in [0.717, 1.165) is 61.7 Å². The molecule has 32 heavy (non-hydrogen) atoms. The number of carbonyl (C=O) groups excluding carboxylic acids is 1. The minimum atomic E-state index is 0.113. The van der Waals surface area contributed by atoms with Crippen LogP contribution in [0.2, 0.25) is 0 Å². The Morgan fingerprint density at radius 1 is 1.00 bits per heavy atom. The normalized spacial score (nSPS) is 20.3. The summed E-state index contributed by atoms with van der Waals surface area (Å²) in [7, 11) is 0. The molecule has 1 amide bonds. The van der Waals surface area contributed by atoms with Gasteiger partial charge in [-0.2, -0.15) is 0 Å². The molecule has 1 aliphatic carbocycles. The third-order valence-electron chi connectivity index (χ3n) is 7.27. The van der Waals surface area contributed by atoms with Crippen LogP contribution in [0.15, 0.2) is 24.3 Å². The predicted molar refractivity (Wildman–Crippen MR) is 129 cm³/mol. The monoisotopic (exact) mass is 434 g/mol. The van der Waals surface area contributed by atoms with Crippen molar-refractivity contribution < 1.29 is 4.79 Å². The number of hydrogen-bond acceptors (Lipinski definition) is 4. The molecule has 1 saturated heterocycles. The Morgan fingerprint density at radius 2 is 1.72 bits per heavy atom. The van der Waals surface area contributed by atoms with Gasteiger partial charge < -0.3 is 5.32 Å². The first-order valence-corrected chi connectivity index (χ1v) is 12.4. The predicted octanol–water partition coefficient (Wildman–Crippen LogP) is 4.77. The first-order chi connectivity index (χ1) is 15.5. The van der Waals surface area contributed by atoms with Crippen LogP contribution in [0, 0.1) is 20.8 Å². The van der Waals surface area contributed by atoms with E-state index < -0.39 is 0 Å². The molecule has 1 aromatic carbocycles. The lowest BCUT2D eigenvalue weighted by atomic mass is 9.95. The lowest BCUT2D eigenvalue weighted by molar-refractivity contribution is -0.121. The highest BCUT2D eigenvalue weighted by Crippen LogP contribution is 2.27. The van der Waals surface area contributed by atoms with Crippen molar-refractivity contribution in [1.82, 2.24) is 20.2 Å². The van der Waals surface area contributed by atoms with Gasteiger partial charge in [-0.1, -0.05) is 43.5 Å². The van der Waals surface area contributed by atoms with Crippen LogP contribution in [-0.4, -0.2) is 39.9 Å². The van der Waals surface area contributed by atoms with Crippen molar-refractivity contribution >= 4 is 5.91 Å². The van der Waals surface area contributed by atoms with E-state index in [1.54, 1.807) is 0 Å². The Morgan fingerprint density at radius 3 is 2.44 bits per heavy atom. The van der Waals surface area contributed by atoms with Crippen LogP contribution < -0.4 is 5.32 Å².